The van der Waals surface area contributed by atoms with Crippen LogP contribution in [0, 0.1) is 0 Å². The summed E-state index contributed by atoms with van der Waals surface area (Å²) in [4.78, 5) is 24.0. The SMILES string of the molecule is CC(C)NS(=O)(=O)c1ccc(Cl)c(C(=O)Nc2ccc3c(c2)NC(=O)NC3)c1. The number of sulfonamides is 1. The maximum atomic E-state index is 12.7. The molecule has 1 aliphatic heterocycles. The first-order valence-electron chi connectivity index (χ1n) is 8.47. The molecular weight excluding hydrogens is 404 g/mol. The van der Waals surface area contributed by atoms with Crippen molar-refractivity contribution < 1.29 is 18.0 Å². The highest BCUT2D eigenvalue weighted by Crippen LogP contribution is 2.25. The molecule has 0 radical (unpaired) electrons. The van der Waals surface area contributed by atoms with Crippen molar-refractivity contribution in [2.24, 2.45) is 0 Å². The lowest BCUT2D eigenvalue weighted by Gasteiger charge is -2.19. The number of amides is 3. The summed E-state index contributed by atoms with van der Waals surface area (Å²) in [6.45, 7) is 3.79. The lowest BCUT2D eigenvalue weighted by molar-refractivity contribution is 0.102. The fourth-order valence-corrected chi connectivity index (χ4v) is 4.17. The van der Waals surface area contributed by atoms with Gasteiger partial charge < -0.3 is 16.0 Å². The molecule has 4 N–H and O–H groups in total. The molecule has 2 aromatic carbocycles. The summed E-state index contributed by atoms with van der Waals surface area (Å²) >= 11 is 6.11. The van der Waals surface area contributed by atoms with Gasteiger partial charge in [-0.15, -0.1) is 0 Å². The number of halogens is 1. The maximum Gasteiger partial charge on any atom is 0.319 e. The highest BCUT2D eigenvalue weighted by atomic mass is 35.5. The number of benzene rings is 2. The van der Waals surface area contributed by atoms with Gasteiger partial charge in [-0.2, -0.15) is 0 Å². The zero-order chi connectivity index (χ0) is 20.5. The first-order chi connectivity index (χ1) is 13.2. The van der Waals surface area contributed by atoms with Crippen LogP contribution in [0.15, 0.2) is 41.3 Å². The Hall–Kier alpha value is -2.62. The van der Waals surface area contributed by atoms with Crippen LogP contribution in [0.4, 0.5) is 16.2 Å². The summed E-state index contributed by atoms with van der Waals surface area (Å²) < 4.78 is 27.2. The molecule has 0 spiro atoms. The van der Waals surface area contributed by atoms with Crippen LogP contribution in [0.5, 0.6) is 0 Å². The lowest BCUT2D eigenvalue weighted by atomic mass is 10.1. The molecule has 0 fully saturated rings. The van der Waals surface area contributed by atoms with Crippen LogP contribution >= 0.6 is 11.6 Å². The van der Waals surface area contributed by atoms with Crippen LogP contribution in [0.1, 0.15) is 29.8 Å². The highest BCUT2D eigenvalue weighted by Gasteiger charge is 2.20. The minimum atomic E-state index is -3.77. The fraction of sp³-hybridized carbons (Fsp3) is 0.222. The third-order valence-corrected chi connectivity index (χ3v) is 5.92. The summed E-state index contributed by atoms with van der Waals surface area (Å²) in [5.74, 6) is -0.563. The largest absolute Gasteiger partial charge is 0.334 e. The smallest absolute Gasteiger partial charge is 0.319 e. The molecule has 3 amide bonds. The zero-order valence-corrected chi connectivity index (χ0v) is 16.7. The van der Waals surface area contributed by atoms with Crippen molar-refractivity contribution in [3.8, 4) is 0 Å². The van der Waals surface area contributed by atoms with Crippen molar-refractivity contribution in [1.29, 1.82) is 0 Å². The van der Waals surface area contributed by atoms with Crippen molar-refractivity contribution in [3.05, 3.63) is 52.5 Å². The summed E-state index contributed by atoms with van der Waals surface area (Å²) in [6.07, 6.45) is 0. The van der Waals surface area contributed by atoms with E-state index in [0.29, 0.717) is 17.9 Å². The molecule has 10 heteroatoms. The first-order valence-corrected chi connectivity index (χ1v) is 10.3. The maximum absolute atomic E-state index is 12.7. The molecule has 1 aliphatic rings. The molecule has 0 saturated heterocycles. The Morgan fingerprint density at radius 1 is 1.18 bits per heavy atom. The second kappa shape index (κ2) is 7.78. The number of hydrogen-bond donors (Lipinski definition) is 4. The number of hydrogen-bond acceptors (Lipinski definition) is 4. The average Bonchev–Trinajstić information content (AvgIpc) is 2.60. The molecule has 148 valence electrons. The Morgan fingerprint density at radius 3 is 2.64 bits per heavy atom. The predicted octanol–water partition coefficient (Wildman–Crippen LogP) is 2.91. The average molecular weight is 423 g/mol. The minimum Gasteiger partial charge on any atom is -0.334 e. The van der Waals surface area contributed by atoms with Crippen molar-refractivity contribution in [1.82, 2.24) is 10.0 Å². The molecule has 0 saturated carbocycles. The Labute approximate surface area is 167 Å². The van der Waals surface area contributed by atoms with E-state index in [4.69, 9.17) is 11.6 Å². The van der Waals surface area contributed by atoms with Crippen LogP contribution in [-0.2, 0) is 16.6 Å². The van der Waals surface area contributed by atoms with E-state index in [1.807, 2.05) is 0 Å². The molecule has 0 aromatic heterocycles. The molecule has 0 aliphatic carbocycles. The van der Waals surface area contributed by atoms with Crippen molar-refractivity contribution in [2.75, 3.05) is 10.6 Å². The monoisotopic (exact) mass is 422 g/mol. The topological polar surface area (TPSA) is 116 Å². The number of fused-ring (bicyclic) bond motifs is 1. The first kappa shape index (κ1) is 20.1. The highest BCUT2D eigenvalue weighted by molar-refractivity contribution is 7.89. The number of carbonyl (C=O) groups is 2. The third kappa shape index (κ3) is 4.44. The molecule has 8 nitrogen and oxygen atoms in total. The van der Waals surface area contributed by atoms with Crippen LogP contribution in [-0.4, -0.2) is 26.4 Å². The van der Waals surface area contributed by atoms with E-state index in [2.05, 4.69) is 20.7 Å². The number of nitrogens with one attached hydrogen (secondary N) is 4. The Balaban J connectivity index is 1.86. The van der Waals surface area contributed by atoms with Crippen LogP contribution in [0.2, 0.25) is 5.02 Å². The van der Waals surface area contributed by atoms with Crippen molar-refractivity contribution >= 4 is 44.9 Å². The van der Waals surface area contributed by atoms with Gasteiger partial charge in [0.05, 0.1) is 15.5 Å². The van der Waals surface area contributed by atoms with Gasteiger partial charge >= 0.3 is 6.03 Å². The van der Waals surface area contributed by atoms with Crippen LogP contribution < -0.4 is 20.7 Å². The van der Waals surface area contributed by atoms with Gasteiger partial charge in [-0.1, -0.05) is 17.7 Å². The van der Waals surface area contributed by atoms with E-state index < -0.39 is 15.9 Å². The fourth-order valence-electron chi connectivity index (χ4n) is 2.69. The number of urea groups is 1. The predicted molar refractivity (Wildman–Crippen MR) is 107 cm³/mol. The van der Waals surface area contributed by atoms with E-state index >= 15 is 0 Å². The number of anilines is 2. The Bertz CT molecular complexity index is 1050. The summed E-state index contributed by atoms with van der Waals surface area (Å²) in [5.41, 5.74) is 1.93. The molecular formula is C18H19ClN4O4S. The van der Waals surface area contributed by atoms with E-state index in [-0.39, 0.29) is 27.6 Å². The number of rotatable bonds is 5. The normalized spacial score (nSPS) is 13.5. The quantitative estimate of drug-likeness (QED) is 0.592. The Kier molecular flexibility index (Phi) is 5.59. The van der Waals surface area contributed by atoms with Crippen molar-refractivity contribution in [2.45, 2.75) is 31.3 Å². The van der Waals surface area contributed by atoms with Gasteiger partial charge in [-0.3, -0.25) is 4.79 Å². The summed E-state index contributed by atoms with van der Waals surface area (Å²) in [6, 6.07) is 8.40. The van der Waals surface area contributed by atoms with E-state index in [1.165, 1.54) is 18.2 Å². The van der Waals surface area contributed by atoms with Gasteiger partial charge in [0.1, 0.15) is 0 Å². The minimum absolute atomic E-state index is 0.0247. The van der Waals surface area contributed by atoms with Gasteiger partial charge in [-0.25, -0.2) is 17.9 Å². The van der Waals surface area contributed by atoms with Crippen LogP contribution in [0.3, 0.4) is 0 Å². The van der Waals surface area contributed by atoms with Gasteiger partial charge in [0.2, 0.25) is 10.0 Å². The number of carbonyl (C=O) groups excluding carboxylic acids is 2. The second-order valence-corrected chi connectivity index (χ2v) is 8.67. The molecule has 0 atom stereocenters. The third-order valence-electron chi connectivity index (χ3n) is 3.94. The molecule has 2 aromatic rings. The Morgan fingerprint density at radius 2 is 1.93 bits per heavy atom. The van der Waals surface area contributed by atoms with Gasteiger partial charge in [0.25, 0.3) is 5.91 Å². The van der Waals surface area contributed by atoms with Crippen LogP contribution in [0.25, 0.3) is 0 Å². The van der Waals surface area contributed by atoms with Gasteiger partial charge in [0.15, 0.2) is 0 Å². The summed E-state index contributed by atoms with van der Waals surface area (Å²) in [5, 5.41) is 8.10. The van der Waals surface area contributed by atoms with E-state index in [9.17, 15) is 18.0 Å². The van der Waals surface area contributed by atoms with E-state index in [1.54, 1.807) is 32.0 Å². The standard InChI is InChI=1S/C18H19ClN4O4S/c1-10(2)23-28(26,27)13-5-6-15(19)14(8-13)17(24)21-12-4-3-11-9-20-18(25)22-16(11)7-12/h3-8,10,23H,9H2,1-2H3,(H,21,24)(H2,20,22,25). The zero-order valence-electron chi connectivity index (χ0n) is 15.2. The lowest BCUT2D eigenvalue weighted by Crippen LogP contribution is -2.33. The molecule has 0 unspecified atom stereocenters. The van der Waals surface area contributed by atoms with E-state index in [0.717, 1.165) is 5.56 Å². The summed E-state index contributed by atoms with van der Waals surface area (Å²) in [7, 11) is -3.77. The molecule has 1 heterocycles. The van der Waals surface area contributed by atoms with Gasteiger partial charge in [-0.05, 0) is 49.7 Å². The van der Waals surface area contributed by atoms with Gasteiger partial charge in [0, 0.05) is 24.0 Å². The second-order valence-electron chi connectivity index (χ2n) is 6.55. The molecule has 0 bridgehead atoms. The van der Waals surface area contributed by atoms with Crippen molar-refractivity contribution in [3.63, 3.8) is 0 Å². The molecule has 3 rings (SSSR count). The molecule has 28 heavy (non-hydrogen) atoms.